The summed E-state index contributed by atoms with van der Waals surface area (Å²) in [6.45, 7) is 2.68. The van der Waals surface area contributed by atoms with Gasteiger partial charge in [0.15, 0.2) is 9.84 Å². The minimum atomic E-state index is -2.96. The molecule has 116 valence electrons. The lowest BCUT2D eigenvalue weighted by atomic mass is 10.2. The Morgan fingerprint density at radius 3 is 2.85 bits per heavy atom. The summed E-state index contributed by atoms with van der Waals surface area (Å²) >= 11 is 0. The fourth-order valence-corrected chi connectivity index (χ4v) is 4.43. The highest BCUT2D eigenvalue weighted by molar-refractivity contribution is 7.91. The number of rotatable bonds is 4. The first-order chi connectivity index (χ1) is 9.41. The first-order valence-corrected chi connectivity index (χ1v) is 8.73. The Morgan fingerprint density at radius 2 is 2.25 bits per heavy atom. The zero-order chi connectivity index (χ0) is 14.8. The molecule has 2 heterocycles. The van der Waals surface area contributed by atoms with Crippen molar-refractivity contribution in [1.82, 2.24) is 9.80 Å². The molecule has 2 rings (SSSR count). The molecule has 1 amide bonds. The van der Waals surface area contributed by atoms with Crippen LogP contribution in [0.3, 0.4) is 0 Å². The van der Waals surface area contributed by atoms with Crippen LogP contribution in [0.4, 0.5) is 0 Å². The number of nitrogens with zero attached hydrogens (tertiary/aromatic N) is 2. The van der Waals surface area contributed by atoms with Crippen molar-refractivity contribution in [3.05, 3.63) is 0 Å². The minimum Gasteiger partial charge on any atom is -0.374 e. The van der Waals surface area contributed by atoms with Crippen LogP contribution in [0.25, 0.3) is 0 Å². The van der Waals surface area contributed by atoms with Gasteiger partial charge in [0.2, 0.25) is 5.91 Å². The molecule has 8 heteroatoms. The van der Waals surface area contributed by atoms with E-state index in [0.29, 0.717) is 39.2 Å². The average Bonchev–Trinajstić information content (AvgIpc) is 2.78. The molecule has 2 aliphatic heterocycles. The van der Waals surface area contributed by atoms with Gasteiger partial charge in [0.25, 0.3) is 0 Å². The lowest BCUT2D eigenvalue weighted by Crippen LogP contribution is -2.50. The van der Waals surface area contributed by atoms with E-state index in [9.17, 15) is 13.2 Å². The van der Waals surface area contributed by atoms with Crippen LogP contribution in [0, 0.1) is 0 Å². The van der Waals surface area contributed by atoms with Gasteiger partial charge >= 0.3 is 0 Å². The molecule has 0 aliphatic carbocycles. The van der Waals surface area contributed by atoms with E-state index in [1.54, 1.807) is 11.9 Å². The molecule has 0 aromatic heterocycles. The average molecular weight is 305 g/mol. The molecule has 0 saturated carbocycles. The molecule has 0 radical (unpaired) electrons. The van der Waals surface area contributed by atoms with E-state index in [1.165, 1.54) is 0 Å². The molecule has 2 unspecified atom stereocenters. The molecule has 2 N–H and O–H groups in total. The maximum absolute atomic E-state index is 12.2. The highest BCUT2D eigenvalue weighted by atomic mass is 32.2. The van der Waals surface area contributed by atoms with Gasteiger partial charge in [0.1, 0.15) is 0 Å². The van der Waals surface area contributed by atoms with E-state index < -0.39 is 9.84 Å². The van der Waals surface area contributed by atoms with Crippen molar-refractivity contribution in [2.45, 2.75) is 18.6 Å². The Balaban J connectivity index is 1.85. The van der Waals surface area contributed by atoms with Crippen LogP contribution in [-0.2, 0) is 19.4 Å². The summed E-state index contributed by atoms with van der Waals surface area (Å²) in [7, 11) is -1.27. The van der Waals surface area contributed by atoms with E-state index in [0.717, 1.165) is 0 Å². The Kier molecular flexibility index (Phi) is 5.00. The van der Waals surface area contributed by atoms with Crippen LogP contribution in [0.1, 0.15) is 6.42 Å². The van der Waals surface area contributed by atoms with Crippen LogP contribution in [-0.4, -0.2) is 87.6 Å². The molecule has 2 saturated heterocycles. The van der Waals surface area contributed by atoms with Crippen molar-refractivity contribution in [2.24, 2.45) is 5.73 Å². The number of carbonyl (C=O) groups is 1. The highest BCUT2D eigenvalue weighted by Gasteiger charge is 2.33. The first-order valence-electron chi connectivity index (χ1n) is 6.91. The summed E-state index contributed by atoms with van der Waals surface area (Å²) in [5.74, 6) is 0.232. The zero-order valence-electron chi connectivity index (χ0n) is 11.8. The Hall–Kier alpha value is -0.700. The van der Waals surface area contributed by atoms with Crippen molar-refractivity contribution in [3.63, 3.8) is 0 Å². The van der Waals surface area contributed by atoms with Crippen LogP contribution in [0.5, 0.6) is 0 Å². The molecular formula is C12H23N3O4S. The van der Waals surface area contributed by atoms with Crippen molar-refractivity contribution in [2.75, 3.05) is 51.3 Å². The van der Waals surface area contributed by atoms with Crippen molar-refractivity contribution in [3.8, 4) is 0 Å². The number of hydrogen-bond donors (Lipinski definition) is 1. The molecule has 2 fully saturated rings. The van der Waals surface area contributed by atoms with Crippen molar-refractivity contribution < 1.29 is 17.9 Å². The molecule has 2 atom stereocenters. The summed E-state index contributed by atoms with van der Waals surface area (Å²) in [5, 5.41) is 0. The number of ether oxygens (including phenoxy) is 1. The molecule has 20 heavy (non-hydrogen) atoms. The van der Waals surface area contributed by atoms with E-state index in [1.807, 2.05) is 4.90 Å². The number of morpholine rings is 1. The molecule has 7 nitrogen and oxygen atoms in total. The molecule has 2 aliphatic rings. The summed E-state index contributed by atoms with van der Waals surface area (Å²) in [4.78, 5) is 15.8. The number of likely N-dealkylation sites (N-methyl/N-ethyl adjacent to an activating group) is 1. The van der Waals surface area contributed by atoms with E-state index in [2.05, 4.69) is 0 Å². The van der Waals surface area contributed by atoms with Crippen LogP contribution in [0.2, 0.25) is 0 Å². The molecule has 0 aromatic rings. The molecule has 0 bridgehead atoms. The standard InChI is InChI=1S/C12H23N3O4S/c1-14(10-2-5-20(17,18)9-10)12(16)8-15-3-4-19-11(6-13)7-15/h10-11H,2-9,13H2,1H3. The Morgan fingerprint density at radius 1 is 1.50 bits per heavy atom. The zero-order valence-corrected chi connectivity index (χ0v) is 12.6. The third-order valence-corrected chi connectivity index (χ3v) is 5.74. The second-order valence-electron chi connectivity index (χ2n) is 5.53. The number of nitrogens with two attached hydrogens (primary N) is 1. The predicted octanol–water partition coefficient (Wildman–Crippen LogP) is -1.71. The third-order valence-electron chi connectivity index (χ3n) is 3.99. The Labute approximate surface area is 120 Å². The molecule has 0 aromatic carbocycles. The largest absolute Gasteiger partial charge is 0.374 e. The highest BCUT2D eigenvalue weighted by Crippen LogP contribution is 2.17. The maximum Gasteiger partial charge on any atom is 0.236 e. The van der Waals surface area contributed by atoms with Gasteiger partial charge in [0, 0.05) is 32.7 Å². The topological polar surface area (TPSA) is 92.9 Å². The van der Waals surface area contributed by atoms with Crippen LogP contribution < -0.4 is 5.73 Å². The Bertz CT molecular complexity index is 454. The SMILES string of the molecule is CN(C(=O)CN1CCOC(CN)C1)C1CCS(=O)(=O)C1. The van der Waals surface area contributed by atoms with Gasteiger partial charge < -0.3 is 15.4 Å². The predicted molar refractivity (Wildman–Crippen MR) is 75.1 cm³/mol. The summed E-state index contributed by atoms with van der Waals surface area (Å²) in [6, 6.07) is -0.182. The minimum absolute atomic E-state index is 0.0197. The summed E-state index contributed by atoms with van der Waals surface area (Å²) < 4.78 is 28.4. The number of carbonyl (C=O) groups excluding carboxylic acids is 1. The second-order valence-corrected chi connectivity index (χ2v) is 7.75. The monoisotopic (exact) mass is 305 g/mol. The van der Waals surface area contributed by atoms with E-state index in [4.69, 9.17) is 10.5 Å². The fourth-order valence-electron chi connectivity index (χ4n) is 2.65. The smallest absolute Gasteiger partial charge is 0.236 e. The van der Waals surface area contributed by atoms with Gasteiger partial charge in [-0.1, -0.05) is 0 Å². The second kappa shape index (κ2) is 6.38. The van der Waals surface area contributed by atoms with Crippen LogP contribution in [0.15, 0.2) is 0 Å². The fraction of sp³-hybridized carbons (Fsp3) is 0.917. The van der Waals surface area contributed by atoms with Gasteiger partial charge in [-0.25, -0.2) is 8.42 Å². The molecular weight excluding hydrogens is 282 g/mol. The third kappa shape index (κ3) is 3.91. The van der Waals surface area contributed by atoms with Crippen LogP contribution >= 0.6 is 0 Å². The quantitative estimate of drug-likeness (QED) is 0.665. The van der Waals surface area contributed by atoms with E-state index in [-0.39, 0.29) is 29.6 Å². The normalized spacial score (nSPS) is 30.3. The number of amides is 1. The lowest BCUT2D eigenvalue weighted by molar-refractivity contribution is -0.134. The maximum atomic E-state index is 12.2. The first kappa shape index (κ1) is 15.7. The summed E-state index contributed by atoms with van der Waals surface area (Å²) in [6.07, 6.45) is 0.521. The van der Waals surface area contributed by atoms with Gasteiger partial charge in [-0.3, -0.25) is 9.69 Å². The van der Waals surface area contributed by atoms with Gasteiger partial charge in [-0.15, -0.1) is 0 Å². The van der Waals surface area contributed by atoms with Crippen molar-refractivity contribution >= 4 is 15.7 Å². The van der Waals surface area contributed by atoms with Gasteiger partial charge in [0.05, 0.1) is 30.8 Å². The number of sulfone groups is 1. The van der Waals surface area contributed by atoms with E-state index >= 15 is 0 Å². The summed E-state index contributed by atoms with van der Waals surface area (Å²) in [5.41, 5.74) is 5.57. The van der Waals surface area contributed by atoms with Crippen molar-refractivity contribution in [1.29, 1.82) is 0 Å². The van der Waals surface area contributed by atoms with Gasteiger partial charge in [-0.2, -0.15) is 0 Å². The molecule has 0 spiro atoms. The number of hydrogen-bond acceptors (Lipinski definition) is 6. The van der Waals surface area contributed by atoms with Gasteiger partial charge in [-0.05, 0) is 6.42 Å². The lowest BCUT2D eigenvalue weighted by Gasteiger charge is -2.33.